The Labute approximate surface area is 825 Å². The number of nitrogens with zero attached hydrogens (tertiary/aromatic N) is 1. The van der Waals surface area contributed by atoms with E-state index in [0.717, 1.165) is 18.7 Å². The van der Waals surface area contributed by atoms with Gasteiger partial charge >= 0.3 is 5.97 Å². The Morgan fingerprint density at radius 3 is 1.30 bits per heavy atom. The molecule has 0 unspecified atom stereocenters. The van der Waals surface area contributed by atoms with Gasteiger partial charge in [0.2, 0.25) is 94.5 Å². The van der Waals surface area contributed by atoms with Crippen LogP contribution >= 0.6 is 25.3 Å². The van der Waals surface area contributed by atoms with Crippen LogP contribution in [0.3, 0.4) is 0 Å². The highest BCUT2D eigenvalue weighted by atomic mass is 32.1. The number of guanidine groups is 2. The fourth-order valence-corrected chi connectivity index (χ4v) is 15.4. The summed E-state index contributed by atoms with van der Waals surface area (Å²) in [5, 5.41) is 119. The van der Waals surface area contributed by atoms with Crippen LogP contribution in [0, 0.1) is 22.7 Å². The van der Waals surface area contributed by atoms with Crippen molar-refractivity contribution < 1.29 is 112 Å². The van der Waals surface area contributed by atoms with Gasteiger partial charge in [-0.15, -0.1) is 0 Å². The zero-order chi connectivity index (χ0) is 106. The molecule has 20 atom stereocenters. The van der Waals surface area contributed by atoms with Crippen LogP contribution in [0.2, 0.25) is 0 Å². The molecule has 5 rings (SSSR count). The number of amides is 16. The van der Waals surface area contributed by atoms with E-state index in [9.17, 15) is 112 Å². The van der Waals surface area contributed by atoms with Gasteiger partial charge in [0.25, 0.3) is 0 Å². The van der Waals surface area contributed by atoms with Crippen molar-refractivity contribution in [2.45, 2.75) is 259 Å². The standard InChI is InChI=1S/C89H139N27O23S2/c1-9-43(4)67(112-80(132)64-37-51(121)40-116(64)85(137)66(94)42(2)3)81(133)114-69(45(6)118)83(135)108-59(34-46-18-22-49(119)23-19-46)78(130)115-70(89(7,8)141)84(136)109-61(38-65(93)122)77(129)103-54(16-12-32-99-87(95)96)71(123)104-58(28-31-92)75(127)113-68(44(5)117)82(134)106-57(27-30-91)74(126)107-60(36-48-39-101-53-15-11-10-14-52(48)53)76(128)111-63(41-140)79(131)105-56(26-29-90)73(125)102-55(17-13-33-100-88(97)98)72(124)110-62(86(138)139)35-47-20-24-50(120)25-21-47/h10-11,14-15,18-25,39,42-45,51,54-64,66-70,101,117-121,140-141H,9,12-13,16-17,26-38,40-41,90-92,94H2,1-8H3,(H2,93,122)(H,102,125)(H,103,129)(H,104,123)(H,105,131)(H,106,134)(H,107,126)(H,108,135)(H,109,136)(H,110,124)(H,111,128)(H,112,132)(H,113,127)(H,114,133)(H,115,130)(H,138,139)(H4,95,96,99)(H4,97,98,100)/t43-,44+,45+,51+,54-,55-,56-,57+,58-,59-,60-,61-,62-,63-,64-,66-,67-,68-,69-,70+/m0/s1. The van der Waals surface area contributed by atoms with E-state index in [1.165, 1.54) is 62.4 Å². The predicted molar refractivity (Wildman–Crippen MR) is 522 cm³/mol. The van der Waals surface area contributed by atoms with Crippen LogP contribution in [0.4, 0.5) is 0 Å². The molecular formula is C89H139N27O23S2. The van der Waals surface area contributed by atoms with Gasteiger partial charge in [0.05, 0.1) is 30.8 Å². The minimum absolute atomic E-state index is 0.0344. The summed E-state index contributed by atoms with van der Waals surface area (Å²) in [6.45, 7) is 10.4. The maximum atomic E-state index is 14.9. The number of fused-ring (bicyclic) bond motifs is 1. The molecule has 141 heavy (non-hydrogen) atoms. The molecule has 16 amide bonds. The molecule has 780 valence electrons. The first-order valence-electron chi connectivity index (χ1n) is 45.9. The summed E-state index contributed by atoms with van der Waals surface area (Å²) in [6.07, 6.45) is -6.69. The number of hydrogen-bond donors (Lipinski definition) is 34. The third-order valence-electron chi connectivity index (χ3n) is 23.1. The number of aliphatic hydroxyl groups excluding tert-OH is 3. The van der Waals surface area contributed by atoms with E-state index >= 15 is 0 Å². The van der Waals surface area contributed by atoms with Gasteiger partial charge in [-0.05, 0) is 151 Å². The number of aromatic amines is 1. The quantitative estimate of drug-likeness (QED) is 0.00845. The molecule has 1 aliphatic rings. The number of hydrogen-bond acceptors (Lipinski definition) is 30. The number of β-amino-alcohol motifs (C(OH)–C–C–N with tert-alkyl or cyclic N) is 1. The Morgan fingerprint density at radius 2 is 0.865 bits per heavy atom. The predicted octanol–water partition coefficient (Wildman–Crippen LogP) is -8.68. The largest absolute Gasteiger partial charge is 0.508 e. The van der Waals surface area contributed by atoms with Gasteiger partial charge in [-0.25, -0.2) is 4.79 Å². The summed E-state index contributed by atoms with van der Waals surface area (Å²) in [5.74, 6) is -21.3. The lowest BCUT2D eigenvalue weighted by molar-refractivity contribution is -0.142. The minimum atomic E-state index is -2.02. The van der Waals surface area contributed by atoms with Crippen LogP contribution in [0.15, 0.2) is 79.0 Å². The van der Waals surface area contributed by atoms with Crippen molar-refractivity contribution in [3.8, 4) is 11.5 Å². The second kappa shape index (κ2) is 57.5. The van der Waals surface area contributed by atoms with E-state index in [-0.39, 0.29) is 126 Å². The van der Waals surface area contributed by atoms with Crippen molar-refractivity contribution in [2.24, 2.45) is 52.0 Å². The Bertz CT molecular complexity index is 4970. The topological polar surface area (TPSA) is 853 Å². The van der Waals surface area contributed by atoms with Crippen molar-refractivity contribution in [1.82, 2.24) is 95.0 Å². The number of likely N-dealkylation sites (tertiary alicyclic amines) is 1. The van der Waals surface area contributed by atoms with Gasteiger partial charge in [0.1, 0.15) is 102 Å². The van der Waals surface area contributed by atoms with Crippen LogP contribution in [0.5, 0.6) is 11.5 Å². The number of carboxylic acids is 1. The molecule has 1 aliphatic heterocycles. The second-order valence-electron chi connectivity index (χ2n) is 35.4. The first-order chi connectivity index (χ1) is 66.4. The summed E-state index contributed by atoms with van der Waals surface area (Å²) in [4.78, 5) is 246. The molecule has 1 saturated heterocycles. The molecular weight excluding hydrogens is 1880 g/mol. The van der Waals surface area contributed by atoms with E-state index < -0.39 is 263 Å². The average Bonchev–Trinajstić information content (AvgIpc) is 1.64. The number of nitrogens with one attached hydrogen (secondary N) is 19. The van der Waals surface area contributed by atoms with E-state index in [2.05, 4.69) is 115 Å². The van der Waals surface area contributed by atoms with Crippen molar-refractivity contribution in [1.29, 1.82) is 10.8 Å². The van der Waals surface area contributed by atoms with Crippen molar-refractivity contribution in [3.05, 3.63) is 95.7 Å². The molecule has 50 nitrogen and oxygen atoms in total. The molecule has 52 heteroatoms. The second-order valence-corrected chi connectivity index (χ2v) is 36.9. The Hall–Kier alpha value is -13.3. The zero-order valence-corrected chi connectivity index (χ0v) is 81.6. The maximum absolute atomic E-state index is 14.9. The van der Waals surface area contributed by atoms with Crippen LogP contribution in [-0.2, 0) is 101 Å². The number of aromatic nitrogens is 1. The van der Waals surface area contributed by atoms with Crippen LogP contribution in [0.1, 0.15) is 136 Å². The molecule has 4 aromatic rings. The number of benzene rings is 3. The number of carbonyl (C=O) groups is 17. The van der Waals surface area contributed by atoms with Crippen LogP contribution in [-0.4, -0.2) is 318 Å². The van der Waals surface area contributed by atoms with Gasteiger partial charge in [-0.3, -0.25) is 87.5 Å². The molecule has 2 heterocycles. The van der Waals surface area contributed by atoms with E-state index in [1.54, 1.807) is 58.2 Å². The number of phenolic OH excluding ortho intramolecular Hbond substituents is 2. The fourth-order valence-electron chi connectivity index (χ4n) is 14.9. The lowest BCUT2D eigenvalue weighted by atomic mass is 9.96. The number of H-pyrrole nitrogens is 1. The summed E-state index contributed by atoms with van der Waals surface area (Å²) in [6, 6.07) is -8.56. The van der Waals surface area contributed by atoms with Crippen molar-refractivity contribution >= 4 is 149 Å². The Kier molecular flexibility index (Phi) is 48.2. The maximum Gasteiger partial charge on any atom is 0.326 e. The first-order valence-corrected chi connectivity index (χ1v) is 47.0. The highest BCUT2D eigenvalue weighted by Crippen LogP contribution is 2.26. The van der Waals surface area contributed by atoms with E-state index in [1.807, 2.05) is 0 Å². The monoisotopic (exact) mass is 2020 g/mol. The van der Waals surface area contributed by atoms with Crippen LogP contribution in [0.25, 0.3) is 10.9 Å². The molecule has 0 aliphatic carbocycles. The Balaban J connectivity index is 1.37. The molecule has 0 bridgehead atoms. The van der Waals surface area contributed by atoms with Gasteiger partial charge in [0, 0.05) is 72.9 Å². The van der Waals surface area contributed by atoms with Crippen molar-refractivity contribution in [3.63, 3.8) is 0 Å². The molecule has 0 saturated carbocycles. The number of aliphatic carboxylic acids is 1. The molecule has 1 aromatic heterocycles. The normalized spacial score (nSPS) is 16.8. The molecule has 1 fully saturated rings. The van der Waals surface area contributed by atoms with Gasteiger partial charge in [-0.2, -0.15) is 25.3 Å². The minimum Gasteiger partial charge on any atom is -0.508 e. The molecule has 0 spiro atoms. The molecule has 0 radical (unpaired) electrons. The number of rotatable bonds is 59. The smallest absolute Gasteiger partial charge is 0.326 e. The van der Waals surface area contributed by atoms with E-state index in [0.29, 0.717) is 22.0 Å². The molecule has 39 N–H and O–H groups in total. The number of para-hydroxylation sites is 1. The van der Waals surface area contributed by atoms with Crippen LogP contribution < -0.4 is 125 Å². The number of thiol groups is 2. The summed E-state index contributed by atoms with van der Waals surface area (Å²) >= 11 is 8.93. The lowest BCUT2D eigenvalue weighted by Crippen LogP contribution is -2.64. The third-order valence-corrected chi connectivity index (χ3v) is 23.8. The first kappa shape index (κ1) is 118. The summed E-state index contributed by atoms with van der Waals surface area (Å²) in [7, 11) is 0. The number of aromatic hydroxyl groups is 2. The van der Waals surface area contributed by atoms with Gasteiger partial charge in [0.15, 0.2) is 11.9 Å². The van der Waals surface area contributed by atoms with Gasteiger partial charge < -0.3 is 166 Å². The van der Waals surface area contributed by atoms with E-state index in [4.69, 9.17) is 51.0 Å². The SMILES string of the molecule is CC[C@H](C)[C@H](NC(=O)[C@@H]1C[C@@H](O)CN1C(=O)[C@@H](N)C(C)C)C(=O)N[C@H](C(=O)N[C@@H](Cc1ccc(O)cc1)C(=O)N[C@H](C(=O)N[C@@H](CC(N)=O)C(=O)N[C@@H](CCCNC(=N)N)C(=O)N[C@@H](CCN)C(=O)N[C@H](C(=O)N[C@H](CCN)C(=O)N[C@@H](Cc1c[nH]c2ccccc12)C(=O)N[C@@H](CS)C(=O)N[C@@H](CCN)C(=O)N[C@@H](CCCNC(=N)N)C(=O)N[C@@H](Cc1ccc(O)cc1)C(=O)O)[C@@H](C)O)C(C)(C)S)[C@@H](C)O. The highest BCUT2D eigenvalue weighted by Gasteiger charge is 2.46. The third kappa shape index (κ3) is 38.0. The number of phenols is 2. The lowest BCUT2D eigenvalue weighted by Gasteiger charge is -2.33. The summed E-state index contributed by atoms with van der Waals surface area (Å²) < 4.78 is -1.65. The fraction of sp³-hybridized carbons (Fsp3) is 0.562. The number of carbonyl (C=O) groups excluding carboxylic acids is 16. The summed E-state index contributed by atoms with van der Waals surface area (Å²) in [5.41, 5.74) is 42.5. The number of aliphatic hydroxyl groups is 3. The highest BCUT2D eigenvalue weighted by molar-refractivity contribution is 7.81. The van der Waals surface area contributed by atoms with Gasteiger partial charge in [-0.1, -0.05) is 76.6 Å². The average molecular weight is 2020 g/mol. The Morgan fingerprint density at radius 1 is 0.489 bits per heavy atom. The number of primary amides is 1. The number of nitrogens with two attached hydrogens (primary N) is 7. The van der Waals surface area contributed by atoms with Crippen molar-refractivity contribution in [2.75, 3.05) is 45.0 Å². The zero-order valence-electron chi connectivity index (χ0n) is 79.8. The molecule has 3 aromatic carbocycles. The number of carboxylic acid groups (broad SMARTS) is 1.